The summed E-state index contributed by atoms with van der Waals surface area (Å²) in [6.45, 7) is 14.3. The van der Waals surface area contributed by atoms with Crippen LogP contribution in [0.5, 0.6) is 0 Å². The zero-order valence-electron chi connectivity index (χ0n) is 14.3. The van der Waals surface area contributed by atoms with Crippen LogP contribution in [0.25, 0.3) is 0 Å². The Bertz CT molecular complexity index is 448. The molecule has 2 rings (SSSR count). The standard InChI is InChI=1S/C18H31N3/c1-14(2)17-10-7-11-21(17)13-16-9-6-8-15(20-16)12-19-18(3,4)5/h6,8-9,14,17,19H,7,10-13H2,1-5H3. The van der Waals surface area contributed by atoms with E-state index < -0.39 is 0 Å². The Labute approximate surface area is 130 Å². The molecule has 0 saturated carbocycles. The monoisotopic (exact) mass is 289 g/mol. The van der Waals surface area contributed by atoms with Crippen molar-refractivity contribution in [3.63, 3.8) is 0 Å². The van der Waals surface area contributed by atoms with Crippen LogP contribution in [0.3, 0.4) is 0 Å². The summed E-state index contributed by atoms with van der Waals surface area (Å²) < 4.78 is 0. The van der Waals surface area contributed by atoms with Gasteiger partial charge in [-0.2, -0.15) is 0 Å². The van der Waals surface area contributed by atoms with Crippen molar-refractivity contribution in [3.05, 3.63) is 29.6 Å². The van der Waals surface area contributed by atoms with Crippen molar-refractivity contribution >= 4 is 0 Å². The molecule has 1 fully saturated rings. The topological polar surface area (TPSA) is 28.2 Å². The SMILES string of the molecule is CC(C)C1CCCN1Cc1cccc(CNC(C)(C)C)n1. The Morgan fingerprint density at radius 1 is 1.29 bits per heavy atom. The Morgan fingerprint density at radius 3 is 2.67 bits per heavy atom. The van der Waals surface area contributed by atoms with Crippen molar-refractivity contribution in [1.82, 2.24) is 15.2 Å². The third-order valence-corrected chi connectivity index (χ3v) is 4.21. The first-order valence-electron chi connectivity index (χ1n) is 8.29. The molecule has 1 aliphatic heterocycles. The molecule has 0 aromatic carbocycles. The molecule has 1 aromatic rings. The molecular formula is C18H31N3. The van der Waals surface area contributed by atoms with Gasteiger partial charge in [0.2, 0.25) is 0 Å². The van der Waals surface area contributed by atoms with Gasteiger partial charge in [0.1, 0.15) is 0 Å². The minimum Gasteiger partial charge on any atom is -0.306 e. The number of pyridine rings is 1. The average molecular weight is 289 g/mol. The molecule has 118 valence electrons. The number of nitrogens with one attached hydrogen (secondary N) is 1. The van der Waals surface area contributed by atoms with E-state index in [-0.39, 0.29) is 5.54 Å². The van der Waals surface area contributed by atoms with E-state index in [1.165, 1.54) is 25.1 Å². The molecule has 1 atom stereocenters. The summed E-state index contributed by atoms with van der Waals surface area (Å²) in [5.74, 6) is 0.734. The Hall–Kier alpha value is -0.930. The first kappa shape index (κ1) is 16.4. The van der Waals surface area contributed by atoms with Gasteiger partial charge < -0.3 is 5.32 Å². The van der Waals surface area contributed by atoms with Crippen LogP contribution in [0, 0.1) is 5.92 Å². The second-order valence-electron chi connectivity index (χ2n) is 7.65. The lowest BCUT2D eigenvalue weighted by Crippen LogP contribution is -2.35. The number of rotatable bonds is 5. The molecule has 21 heavy (non-hydrogen) atoms. The number of aromatic nitrogens is 1. The van der Waals surface area contributed by atoms with Gasteiger partial charge in [-0.1, -0.05) is 19.9 Å². The van der Waals surface area contributed by atoms with E-state index in [4.69, 9.17) is 4.98 Å². The molecular weight excluding hydrogens is 258 g/mol. The van der Waals surface area contributed by atoms with Gasteiger partial charge in [-0.15, -0.1) is 0 Å². The van der Waals surface area contributed by atoms with Crippen LogP contribution in [-0.4, -0.2) is 28.0 Å². The Kier molecular flexibility index (Phi) is 5.39. The summed E-state index contributed by atoms with van der Waals surface area (Å²) in [4.78, 5) is 7.43. The van der Waals surface area contributed by atoms with Gasteiger partial charge >= 0.3 is 0 Å². The smallest absolute Gasteiger partial charge is 0.0547 e. The van der Waals surface area contributed by atoms with Gasteiger partial charge in [0.25, 0.3) is 0 Å². The Morgan fingerprint density at radius 2 is 2.00 bits per heavy atom. The van der Waals surface area contributed by atoms with Crippen LogP contribution >= 0.6 is 0 Å². The zero-order valence-corrected chi connectivity index (χ0v) is 14.3. The van der Waals surface area contributed by atoms with Gasteiger partial charge in [0.05, 0.1) is 11.4 Å². The van der Waals surface area contributed by atoms with E-state index >= 15 is 0 Å². The first-order valence-corrected chi connectivity index (χ1v) is 8.29. The summed E-state index contributed by atoms with van der Waals surface area (Å²) in [7, 11) is 0. The maximum atomic E-state index is 4.83. The highest BCUT2D eigenvalue weighted by molar-refractivity contribution is 5.12. The quantitative estimate of drug-likeness (QED) is 0.898. The summed E-state index contributed by atoms with van der Waals surface area (Å²) in [5, 5.41) is 3.51. The number of hydrogen-bond acceptors (Lipinski definition) is 3. The molecule has 3 heteroatoms. The predicted octanol–water partition coefficient (Wildman–Crippen LogP) is 3.59. The van der Waals surface area contributed by atoms with Crippen LogP contribution in [-0.2, 0) is 13.1 Å². The first-order chi connectivity index (χ1) is 9.85. The van der Waals surface area contributed by atoms with Crippen molar-refractivity contribution in [1.29, 1.82) is 0 Å². The molecule has 1 unspecified atom stereocenters. The molecule has 1 aromatic heterocycles. The lowest BCUT2D eigenvalue weighted by atomic mass is 10.0. The highest BCUT2D eigenvalue weighted by atomic mass is 15.2. The van der Waals surface area contributed by atoms with E-state index in [9.17, 15) is 0 Å². The van der Waals surface area contributed by atoms with E-state index in [2.05, 4.69) is 63.0 Å². The van der Waals surface area contributed by atoms with Crippen molar-refractivity contribution < 1.29 is 0 Å². The minimum atomic E-state index is 0.134. The third kappa shape index (κ3) is 5.08. The van der Waals surface area contributed by atoms with Gasteiger partial charge in [0.15, 0.2) is 0 Å². The van der Waals surface area contributed by atoms with Gasteiger partial charge in [-0.05, 0) is 58.2 Å². The van der Waals surface area contributed by atoms with Crippen LogP contribution < -0.4 is 5.32 Å². The van der Waals surface area contributed by atoms with Crippen molar-refractivity contribution in [2.24, 2.45) is 5.92 Å². The Balaban J connectivity index is 1.97. The zero-order chi connectivity index (χ0) is 15.5. The number of hydrogen-bond donors (Lipinski definition) is 1. The molecule has 1 saturated heterocycles. The molecule has 0 bridgehead atoms. The van der Waals surface area contributed by atoms with E-state index in [0.717, 1.165) is 30.7 Å². The predicted molar refractivity (Wildman–Crippen MR) is 89.1 cm³/mol. The van der Waals surface area contributed by atoms with E-state index in [1.54, 1.807) is 0 Å². The fraction of sp³-hybridized carbons (Fsp3) is 0.722. The summed E-state index contributed by atoms with van der Waals surface area (Å²) >= 11 is 0. The number of nitrogens with zero attached hydrogens (tertiary/aromatic N) is 2. The summed E-state index contributed by atoms with van der Waals surface area (Å²) in [6, 6.07) is 7.15. The summed E-state index contributed by atoms with van der Waals surface area (Å²) in [5.41, 5.74) is 2.48. The fourth-order valence-electron chi connectivity index (χ4n) is 3.08. The second-order valence-corrected chi connectivity index (χ2v) is 7.65. The molecule has 0 spiro atoms. The lowest BCUT2D eigenvalue weighted by molar-refractivity contribution is 0.196. The van der Waals surface area contributed by atoms with Gasteiger partial charge in [-0.25, -0.2) is 0 Å². The summed E-state index contributed by atoms with van der Waals surface area (Å²) in [6.07, 6.45) is 2.66. The van der Waals surface area contributed by atoms with Crippen LogP contribution in [0.4, 0.5) is 0 Å². The van der Waals surface area contributed by atoms with Crippen molar-refractivity contribution in [3.8, 4) is 0 Å². The molecule has 1 N–H and O–H groups in total. The molecule has 2 heterocycles. The van der Waals surface area contributed by atoms with Gasteiger partial charge in [0, 0.05) is 24.7 Å². The highest BCUT2D eigenvalue weighted by Gasteiger charge is 2.27. The average Bonchev–Trinajstić information content (AvgIpc) is 2.84. The molecule has 0 aliphatic carbocycles. The molecule has 1 aliphatic rings. The maximum absolute atomic E-state index is 4.83. The van der Waals surface area contributed by atoms with Crippen molar-refractivity contribution in [2.75, 3.05) is 6.54 Å². The van der Waals surface area contributed by atoms with Crippen LogP contribution in [0.1, 0.15) is 58.8 Å². The third-order valence-electron chi connectivity index (χ3n) is 4.21. The largest absolute Gasteiger partial charge is 0.306 e. The normalized spacial score (nSPS) is 20.4. The molecule has 0 amide bonds. The molecule has 0 radical (unpaired) electrons. The lowest BCUT2D eigenvalue weighted by Gasteiger charge is -2.27. The fourth-order valence-corrected chi connectivity index (χ4v) is 3.08. The minimum absolute atomic E-state index is 0.134. The van der Waals surface area contributed by atoms with Crippen molar-refractivity contribution in [2.45, 2.75) is 72.1 Å². The number of likely N-dealkylation sites (tertiary alicyclic amines) is 1. The van der Waals surface area contributed by atoms with Crippen LogP contribution in [0.2, 0.25) is 0 Å². The van der Waals surface area contributed by atoms with E-state index in [0.29, 0.717) is 0 Å². The van der Waals surface area contributed by atoms with Gasteiger partial charge in [-0.3, -0.25) is 9.88 Å². The maximum Gasteiger partial charge on any atom is 0.0547 e. The molecule has 3 nitrogen and oxygen atoms in total. The van der Waals surface area contributed by atoms with E-state index in [1.807, 2.05) is 0 Å². The highest BCUT2D eigenvalue weighted by Crippen LogP contribution is 2.25. The van der Waals surface area contributed by atoms with Crippen LogP contribution in [0.15, 0.2) is 18.2 Å². The second kappa shape index (κ2) is 6.89.